The molecule has 0 radical (unpaired) electrons. The van der Waals surface area contributed by atoms with Crippen LogP contribution in [0.5, 0.6) is 5.75 Å². The van der Waals surface area contributed by atoms with Gasteiger partial charge in [0.05, 0.1) is 0 Å². The number of aryl methyl sites for hydroxylation is 2. The number of hydrogen-bond donors (Lipinski definition) is 0. The zero-order valence-corrected chi connectivity index (χ0v) is 19.7. The lowest BCUT2D eigenvalue weighted by Crippen LogP contribution is -2.25. The Morgan fingerprint density at radius 3 is 1.97 bits per heavy atom. The minimum absolute atomic E-state index is 0.0166. The lowest BCUT2D eigenvalue weighted by molar-refractivity contribution is -0.189. The van der Waals surface area contributed by atoms with Crippen molar-refractivity contribution in [1.29, 1.82) is 0 Å². The van der Waals surface area contributed by atoms with Crippen LogP contribution in [0.25, 0.3) is 11.1 Å². The second-order valence-electron chi connectivity index (χ2n) is 8.74. The monoisotopic (exact) mass is 526 g/mol. The molecule has 2 unspecified atom stereocenters. The summed E-state index contributed by atoms with van der Waals surface area (Å²) in [6.45, 7) is 5.23. The summed E-state index contributed by atoms with van der Waals surface area (Å²) in [7, 11) is 0. The molecule has 0 spiro atoms. The minimum Gasteiger partial charge on any atom is -0.426 e. The molecule has 0 heterocycles. The van der Waals surface area contributed by atoms with E-state index >= 15 is 8.78 Å². The molecule has 0 N–H and O–H groups in total. The molecule has 3 aromatic rings. The number of allylic oxidation sites excluding steroid dienone is 1. The highest BCUT2D eigenvalue weighted by Crippen LogP contribution is 2.52. The van der Waals surface area contributed by atoms with Crippen LogP contribution in [0.2, 0.25) is 0 Å². The molecular weight excluding hydrogens is 504 g/mol. The van der Waals surface area contributed by atoms with Crippen molar-refractivity contribution in [1.82, 2.24) is 0 Å². The van der Waals surface area contributed by atoms with Crippen molar-refractivity contribution in [2.24, 2.45) is 0 Å². The van der Waals surface area contributed by atoms with Crippen molar-refractivity contribution >= 4 is 0 Å². The maximum absolute atomic E-state index is 15.3. The normalized spacial score (nSPS) is 16.8. The fourth-order valence-electron chi connectivity index (χ4n) is 4.51. The molecule has 2 atom stereocenters. The summed E-state index contributed by atoms with van der Waals surface area (Å²) in [6, 6.07) is 5.97. The summed E-state index contributed by atoms with van der Waals surface area (Å²) in [4.78, 5) is 0. The van der Waals surface area contributed by atoms with E-state index in [0.29, 0.717) is 12.5 Å². The van der Waals surface area contributed by atoms with Gasteiger partial charge >= 0.3 is 6.11 Å². The van der Waals surface area contributed by atoms with E-state index in [4.69, 9.17) is 0 Å². The van der Waals surface area contributed by atoms with E-state index in [1.807, 2.05) is 0 Å². The van der Waals surface area contributed by atoms with E-state index in [1.54, 1.807) is 6.92 Å². The molecular formula is C28H22F8O. The molecule has 0 saturated carbocycles. The molecule has 0 saturated heterocycles. The summed E-state index contributed by atoms with van der Waals surface area (Å²) in [5, 5.41) is 0. The van der Waals surface area contributed by atoms with Crippen LogP contribution in [0.3, 0.4) is 0 Å². The van der Waals surface area contributed by atoms with Gasteiger partial charge in [0.1, 0.15) is 11.4 Å². The molecule has 3 aromatic carbocycles. The molecule has 1 aliphatic rings. The van der Waals surface area contributed by atoms with Crippen molar-refractivity contribution in [3.05, 3.63) is 100 Å². The van der Waals surface area contributed by atoms with Crippen molar-refractivity contribution < 1.29 is 39.9 Å². The lowest BCUT2D eigenvalue weighted by atomic mass is 9.81. The van der Waals surface area contributed by atoms with Gasteiger partial charge < -0.3 is 4.74 Å². The minimum atomic E-state index is -4.56. The number of benzene rings is 3. The van der Waals surface area contributed by atoms with E-state index in [1.165, 1.54) is 18.2 Å². The third-order valence-electron chi connectivity index (χ3n) is 6.35. The first-order valence-electron chi connectivity index (χ1n) is 11.6. The molecule has 0 fully saturated rings. The average Bonchev–Trinajstić information content (AvgIpc) is 2.85. The van der Waals surface area contributed by atoms with Crippen LogP contribution < -0.4 is 4.74 Å². The van der Waals surface area contributed by atoms with Crippen molar-refractivity contribution in [3.63, 3.8) is 0 Å². The topological polar surface area (TPSA) is 9.23 Å². The van der Waals surface area contributed by atoms with Crippen molar-refractivity contribution in [2.75, 3.05) is 0 Å². The Bertz CT molecular complexity index is 1350. The van der Waals surface area contributed by atoms with Gasteiger partial charge in [-0.1, -0.05) is 43.7 Å². The molecule has 0 aliphatic heterocycles. The molecule has 0 amide bonds. The molecule has 0 bridgehead atoms. The van der Waals surface area contributed by atoms with Crippen LogP contribution in [-0.4, -0.2) is 0 Å². The highest BCUT2D eigenvalue weighted by molar-refractivity contribution is 5.76. The number of alkyl halides is 4. The van der Waals surface area contributed by atoms with Crippen LogP contribution in [0.1, 0.15) is 59.9 Å². The number of halogens is 8. The van der Waals surface area contributed by atoms with Gasteiger partial charge in [-0.15, -0.1) is 6.58 Å². The van der Waals surface area contributed by atoms with Crippen LogP contribution in [0.15, 0.2) is 49.1 Å². The molecule has 196 valence electrons. The van der Waals surface area contributed by atoms with E-state index in [0.717, 1.165) is 18.2 Å². The third-order valence-corrected chi connectivity index (χ3v) is 6.35. The lowest BCUT2D eigenvalue weighted by Gasteiger charge is -2.29. The molecule has 4 rings (SSSR count). The first-order valence-corrected chi connectivity index (χ1v) is 11.6. The number of rotatable bonds is 8. The Kier molecular flexibility index (Phi) is 7.35. The Morgan fingerprint density at radius 1 is 0.784 bits per heavy atom. The van der Waals surface area contributed by atoms with Crippen LogP contribution >= 0.6 is 0 Å². The SMILES string of the molecule is C=CCCc1ccc(C(F)(F)Oc2ccc3c(c2F)C(F)C(F)c2c-3ccc(CCC)c2F)c(F)c1F. The Balaban J connectivity index is 1.74. The van der Waals surface area contributed by atoms with E-state index in [9.17, 15) is 26.3 Å². The van der Waals surface area contributed by atoms with E-state index in [2.05, 4.69) is 11.3 Å². The van der Waals surface area contributed by atoms with Gasteiger partial charge in [-0.25, -0.2) is 26.3 Å². The van der Waals surface area contributed by atoms with Gasteiger partial charge in [0, 0.05) is 11.1 Å². The quantitative estimate of drug-likeness (QED) is 0.210. The van der Waals surface area contributed by atoms with E-state index < -0.39 is 64.2 Å². The van der Waals surface area contributed by atoms with Crippen molar-refractivity contribution in [3.8, 4) is 16.9 Å². The van der Waals surface area contributed by atoms with Gasteiger partial charge in [-0.2, -0.15) is 8.78 Å². The van der Waals surface area contributed by atoms with Gasteiger partial charge in [-0.3, -0.25) is 0 Å². The number of hydrogen-bond acceptors (Lipinski definition) is 1. The molecule has 37 heavy (non-hydrogen) atoms. The van der Waals surface area contributed by atoms with Gasteiger partial charge in [0.15, 0.2) is 35.5 Å². The van der Waals surface area contributed by atoms with Crippen LogP contribution in [0, 0.1) is 23.3 Å². The maximum Gasteiger partial charge on any atom is 0.429 e. The number of fused-ring (bicyclic) bond motifs is 3. The van der Waals surface area contributed by atoms with Crippen molar-refractivity contribution in [2.45, 2.75) is 51.1 Å². The van der Waals surface area contributed by atoms with Gasteiger partial charge in [0.2, 0.25) is 0 Å². The smallest absolute Gasteiger partial charge is 0.426 e. The predicted molar refractivity (Wildman–Crippen MR) is 123 cm³/mol. The van der Waals surface area contributed by atoms with Crippen LogP contribution in [0.4, 0.5) is 35.1 Å². The zero-order chi connectivity index (χ0) is 27.1. The molecule has 0 aromatic heterocycles. The third kappa shape index (κ3) is 4.60. The maximum atomic E-state index is 15.3. The summed E-state index contributed by atoms with van der Waals surface area (Å²) < 4.78 is 123. The van der Waals surface area contributed by atoms with Crippen LogP contribution in [-0.2, 0) is 19.0 Å². The first kappa shape index (κ1) is 26.7. The summed E-state index contributed by atoms with van der Waals surface area (Å²) in [5.74, 6) is -7.20. The standard InChI is InChI=1S/C28H22F8O/c1-3-5-7-15-9-12-18(24(31)23(15)30)28(35,36)37-19-13-11-17-16-10-8-14(6-4-2)22(29)20(16)26(33)27(34)21(17)25(19)32/h3,8-13,26-27H,1,4-7H2,2H3. The second kappa shape index (κ2) is 10.2. The highest BCUT2D eigenvalue weighted by Gasteiger charge is 2.43. The summed E-state index contributed by atoms with van der Waals surface area (Å²) in [5.41, 5.74) is -3.34. The Morgan fingerprint density at radius 2 is 1.35 bits per heavy atom. The van der Waals surface area contributed by atoms with E-state index in [-0.39, 0.29) is 41.5 Å². The summed E-state index contributed by atoms with van der Waals surface area (Å²) >= 11 is 0. The average molecular weight is 526 g/mol. The van der Waals surface area contributed by atoms with Gasteiger partial charge in [0.25, 0.3) is 0 Å². The first-order chi connectivity index (χ1) is 17.5. The summed E-state index contributed by atoms with van der Waals surface area (Å²) in [6.07, 6.45) is -7.32. The Labute approximate surface area is 208 Å². The largest absolute Gasteiger partial charge is 0.429 e. The fraction of sp³-hybridized carbons (Fsp3) is 0.286. The molecule has 1 aliphatic carbocycles. The molecule has 9 heteroatoms. The fourth-order valence-corrected chi connectivity index (χ4v) is 4.51. The predicted octanol–water partition coefficient (Wildman–Crippen LogP) is 9.14. The second-order valence-corrected chi connectivity index (χ2v) is 8.74. The number of ether oxygens (including phenoxy) is 1. The highest BCUT2D eigenvalue weighted by atomic mass is 19.3. The molecule has 1 nitrogen and oxygen atoms in total. The zero-order valence-electron chi connectivity index (χ0n) is 19.7. The van der Waals surface area contributed by atoms with Gasteiger partial charge in [-0.05, 0) is 53.6 Å². The Hall–Kier alpha value is -3.36.